The quantitative estimate of drug-likeness (QED) is 0.841. The van der Waals surface area contributed by atoms with Gasteiger partial charge in [-0.25, -0.2) is 0 Å². The lowest BCUT2D eigenvalue weighted by atomic mass is 10.1. The van der Waals surface area contributed by atoms with Crippen LogP contribution in [-0.4, -0.2) is 23.3 Å². The number of aromatic nitrogens is 2. The Bertz CT molecular complexity index is 581. The maximum atomic E-state index is 5.88. The molecule has 0 radical (unpaired) electrons. The van der Waals surface area contributed by atoms with Crippen molar-refractivity contribution in [1.29, 1.82) is 0 Å². The summed E-state index contributed by atoms with van der Waals surface area (Å²) >= 11 is 0. The molecular weight excluding hydrogens is 270 g/mol. The maximum absolute atomic E-state index is 5.88. The van der Waals surface area contributed by atoms with Gasteiger partial charge in [-0.15, -0.1) is 0 Å². The molecule has 0 amide bonds. The molecule has 6 nitrogen and oxygen atoms in total. The fourth-order valence-corrected chi connectivity index (χ4v) is 2.02. The van der Waals surface area contributed by atoms with Gasteiger partial charge in [0.15, 0.2) is 23.9 Å². The van der Waals surface area contributed by atoms with Crippen molar-refractivity contribution in [2.24, 2.45) is 5.73 Å². The summed E-state index contributed by atoms with van der Waals surface area (Å²) in [5.41, 5.74) is 6.88. The lowest BCUT2D eigenvalue weighted by molar-refractivity contribution is 0.231. The van der Waals surface area contributed by atoms with E-state index >= 15 is 0 Å². The Morgan fingerprint density at radius 3 is 2.81 bits per heavy atom. The van der Waals surface area contributed by atoms with Gasteiger partial charge in [0.1, 0.15) is 0 Å². The molecule has 21 heavy (non-hydrogen) atoms. The van der Waals surface area contributed by atoms with E-state index in [4.69, 9.17) is 19.7 Å². The molecule has 0 saturated carbocycles. The fraction of sp³-hybridized carbons (Fsp3) is 0.467. The molecule has 0 aliphatic rings. The maximum Gasteiger partial charge on any atom is 0.264 e. The smallest absolute Gasteiger partial charge is 0.264 e. The van der Waals surface area contributed by atoms with Crippen molar-refractivity contribution < 1.29 is 14.0 Å². The van der Waals surface area contributed by atoms with E-state index in [1.807, 2.05) is 32.0 Å². The molecule has 0 bridgehead atoms. The van der Waals surface area contributed by atoms with Crippen molar-refractivity contribution in [2.45, 2.75) is 39.3 Å². The van der Waals surface area contributed by atoms with E-state index in [1.54, 1.807) is 7.11 Å². The lowest BCUT2D eigenvalue weighted by Crippen LogP contribution is -2.18. The normalized spacial score (nSPS) is 12.2. The Hall–Kier alpha value is -2.08. The molecule has 2 N–H and O–H groups in total. The highest BCUT2D eigenvalue weighted by Crippen LogP contribution is 2.32. The zero-order valence-corrected chi connectivity index (χ0v) is 12.6. The highest BCUT2D eigenvalue weighted by atomic mass is 16.5. The molecule has 0 aliphatic carbocycles. The summed E-state index contributed by atoms with van der Waals surface area (Å²) < 4.78 is 16.3. The van der Waals surface area contributed by atoms with Gasteiger partial charge >= 0.3 is 0 Å². The van der Waals surface area contributed by atoms with Gasteiger partial charge in [-0.1, -0.05) is 24.2 Å². The molecule has 2 rings (SSSR count). The van der Waals surface area contributed by atoms with Crippen LogP contribution in [0.15, 0.2) is 22.7 Å². The number of ether oxygens (including phenoxy) is 2. The third-order valence-electron chi connectivity index (χ3n) is 2.99. The molecule has 0 fully saturated rings. The van der Waals surface area contributed by atoms with E-state index in [1.165, 1.54) is 0 Å². The Morgan fingerprint density at radius 1 is 1.38 bits per heavy atom. The molecule has 1 unspecified atom stereocenters. The molecule has 0 spiro atoms. The number of hydrogen-bond donors (Lipinski definition) is 1. The summed E-state index contributed by atoms with van der Waals surface area (Å²) in [5, 5.41) is 3.84. The number of rotatable bonds is 7. The van der Waals surface area contributed by atoms with E-state index in [0.29, 0.717) is 29.6 Å². The van der Waals surface area contributed by atoms with Crippen LogP contribution in [0, 0.1) is 0 Å². The number of nitrogens with two attached hydrogens (primary N) is 1. The number of hydrogen-bond acceptors (Lipinski definition) is 6. The Balaban J connectivity index is 2.16. The molecule has 2 aromatic rings. The molecule has 1 aromatic carbocycles. The first-order valence-corrected chi connectivity index (χ1v) is 6.99. The summed E-state index contributed by atoms with van der Waals surface area (Å²) in [7, 11) is 1.61. The van der Waals surface area contributed by atoms with Crippen molar-refractivity contribution >= 4 is 0 Å². The van der Waals surface area contributed by atoms with Crippen molar-refractivity contribution in [1.82, 2.24) is 10.1 Å². The first kappa shape index (κ1) is 15.3. The SMILES string of the molecule is CCc1noc(COc2c(CC(C)N)cccc2OC)n1. The average molecular weight is 291 g/mol. The number of para-hydroxylation sites is 1. The third kappa shape index (κ3) is 3.95. The monoisotopic (exact) mass is 291 g/mol. The van der Waals surface area contributed by atoms with Crippen LogP contribution in [0.5, 0.6) is 11.5 Å². The van der Waals surface area contributed by atoms with Gasteiger partial charge < -0.3 is 19.7 Å². The molecular formula is C15H21N3O3. The van der Waals surface area contributed by atoms with Gasteiger partial charge in [-0.05, 0) is 25.0 Å². The fourth-order valence-electron chi connectivity index (χ4n) is 2.02. The standard InChI is InChI=1S/C15H21N3O3/c1-4-13-17-14(21-18-13)9-20-15-11(8-10(2)16)6-5-7-12(15)19-3/h5-7,10H,4,8-9,16H2,1-3H3. The molecule has 1 aromatic heterocycles. The summed E-state index contributed by atoms with van der Waals surface area (Å²) in [5.74, 6) is 2.46. The van der Waals surface area contributed by atoms with Crippen molar-refractivity contribution in [3.63, 3.8) is 0 Å². The van der Waals surface area contributed by atoms with Crippen LogP contribution in [0.4, 0.5) is 0 Å². The van der Waals surface area contributed by atoms with E-state index in [9.17, 15) is 0 Å². The minimum atomic E-state index is 0.0366. The van der Waals surface area contributed by atoms with Gasteiger partial charge in [-0.3, -0.25) is 0 Å². The highest BCUT2D eigenvalue weighted by molar-refractivity contribution is 5.47. The number of aryl methyl sites for hydroxylation is 1. The predicted molar refractivity (Wildman–Crippen MR) is 78.4 cm³/mol. The van der Waals surface area contributed by atoms with Gasteiger partial charge in [0.25, 0.3) is 5.89 Å². The Kier molecular flexibility index (Phi) is 5.16. The summed E-state index contributed by atoms with van der Waals surface area (Å²) in [4.78, 5) is 4.22. The van der Waals surface area contributed by atoms with Crippen LogP contribution < -0.4 is 15.2 Å². The van der Waals surface area contributed by atoms with Crippen molar-refractivity contribution in [3.8, 4) is 11.5 Å². The van der Waals surface area contributed by atoms with Crippen LogP contribution >= 0.6 is 0 Å². The number of methoxy groups -OCH3 is 1. The van der Waals surface area contributed by atoms with Crippen molar-refractivity contribution in [2.75, 3.05) is 7.11 Å². The first-order valence-electron chi connectivity index (χ1n) is 6.99. The van der Waals surface area contributed by atoms with Crippen LogP contribution in [0.2, 0.25) is 0 Å². The second-order valence-electron chi connectivity index (χ2n) is 4.88. The second-order valence-corrected chi connectivity index (χ2v) is 4.88. The largest absolute Gasteiger partial charge is 0.493 e. The van der Waals surface area contributed by atoms with Crippen LogP contribution in [0.3, 0.4) is 0 Å². The molecule has 1 heterocycles. The van der Waals surface area contributed by atoms with Crippen LogP contribution in [0.1, 0.15) is 31.1 Å². The molecule has 6 heteroatoms. The van der Waals surface area contributed by atoms with E-state index in [2.05, 4.69) is 10.1 Å². The van der Waals surface area contributed by atoms with Gasteiger partial charge in [0.05, 0.1) is 7.11 Å². The Labute approximate surface area is 124 Å². The highest BCUT2D eigenvalue weighted by Gasteiger charge is 2.14. The van der Waals surface area contributed by atoms with E-state index in [0.717, 1.165) is 12.0 Å². The zero-order valence-electron chi connectivity index (χ0n) is 12.6. The van der Waals surface area contributed by atoms with Crippen LogP contribution in [0.25, 0.3) is 0 Å². The summed E-state index contributed by atoms with van der Waals surface area (Å²) in [6, 6.07) is 5.79. The Morgan fingerprint density at radius 2 is 2.19 bits per heavy atom. The topological polar surface area (TPSA) is 83.4 Å². The first-order chi connectivity index (χ1) is 10.1. The predicted octanol–water partition coefficient (Wildman–Crippen LogP) is 2.11. The molecule has 0 saturated heterocycles. The summed E-state index contributed by atoms with van der Waals surface area (Å²) in [6.45, 7) is 4.13. The zero-order chi connectivity index (χ0) is 15.2. The third-order valence-corrected chi connectivity index (χ3v) is 2.99. The van der Waals surface area contributed by atoms with Gasteiger partial charge in [0, 0.05) is 12.5 Å². The van der Waals surface area contributed by atoms with Crippen molar-refractivity contribution in [3.05, 3.63) is 35.5 Å². The molecule has 114 valence electrons. The minimum absolute atomic E-state index is 0.0366. The average Bonchev–Trinajstić information content (AvgIpc) is 2.93. The lowest BCUT2D eigenvalue weighted by Gasteiger charge is -2.15. The molecule has 1 atom stereocenters. The summed E-state index contributed by atoms with van der Waals surface area (Å²) in [6.07, 6.45) is 1.44. The van der Waals surface area contributed by atoms with Gasteiger partial charge in [-0.2, -0.15) is 4.98 Å². The number of benzene rings is 1. The van der Waals surface area contributed by atoms with Gasteiger partial charge in [0.2, 0.25) is 0 Å². The molecule has 0 aliphatic heterocycles. The van der Waals surface area contributed by atoms with E-state index in [-0.39, 0.29) is 12.6 Å². The second kappa shape index (κ2) is 7.08. The number of nitrogens with zero attached hydrogens (tertiary/aromatic N) is 2. The van der Waals surface area contributed by atoms with Crippen LogP contribution in [-0.2, 0) is 19.4 Å². The minimum Gasteiger partial charge on any atom is -0.493 e. The van der Waals surface area contributed by atoms with E-state index < -0.39 is 0 Å².